The van der Waals surface area contributed by atoms with Gasteiger partial charge in [-0.15, -0.1) is 0 Å². The molecule has 2 heterocycles. The molecule has 0 aliphatic rings. The molecule has 1 aromatic carbocycles. The summed E-state index contributed by atoms with van der Waals surface area (Å²) in [5, 5.41) is 7.66. The highest BCUT2D eigenvalue weighted by Gasteiger charge is 2.18. The fourth-order valence-corrected chi connectivity index (χ4v) is 2.82. The number of aromatic nitrogens is 3. The van der Waals surface area contributed by atoms with Crippen LogP contribution in [0.5, 0.6) is 0 Å². The van der Waals surface area contributed by atoms with Crippen molar-refractivity contribution in [1.82, 2.24) is 20.0 Å². The van der Waals surface area contributed by atoms with Crippen LogP contribution >= 0.6 is 0 Å². The van der Waals surface area contributed by atoms with E-state index in [-0.39, 0.29) is 30.0 Å². The van der Waals surface area contributed by atoms with Crippen LogP contribution in [0.3, 0.4) is 0 Å². The minimum atomic E-state index is -0.285. The topological polar surface area (TPSA) is 90.0 Å². The van der Waals surface area contributed by atoms with Crippen LogP contribution in [0.2, 0.25) is 0 Å². The van der Waals surface area contributed by atoms with Gasteiger partial charge in [-0.1, -0.05) is 44.1 Å². The zero-order valence-corrected chi connectivity index (χ0v) is 16.0. The zero-order chi connectivity index (χ0) is 19.6. The number of fused-ring (bicyclic) bond motifs is 1. The third-order valence-corrected chi connectivity index (χ3v) is 4.53. The summed E-state index contributed by atoms with van der Waals surface area (Å²) in [5.74, 6) is 0.831. The van der Waals surface area contributed by atoms with E-state index < -0.39 is 0 Å². The molecule has 3 rings (SSSR count). The molecule has 0 aliphatic heterocycles. The minimum absolute atomic E-state index is 0.0367. The van der Waals surface area contributed by atoms with Gasteiger partial charge in [0.05, 0.1) is 11.1 Å². The van der Waals surface area contributed by atoms with Crippen molar-refractivity contribution in [1.29, 1.82) is 0 Å². The Kier molecular flexibility index (Phi) is 5.39. The van der Waals surface area contributed by atoms with Crippen LogP contribution < -0.4 is 10.9 Å². The molecule has 0 spiro atoms. The van der Waals surface area contributed by atoms with Crippen LogP contribution in [0, 0.1) is 0 Å². The average Bonchev–Trinajstić information content (AvgIpc) is 3.14. The summed E-state index contributed by atoms with van der Waals surface area (Å²) in [4.78, 5) is 29.5. The second-order valence-electron chi connectivity index (χ2n) is 6.99. The van der Waals surface area contributed by atoms with E-state index in [0.29, 0.717) is 22.8 Å². The van der Waals surface area contributed by atoms with Crippen molar-refractivity contribution in [3.8, 4) is 11.5 Å². The van der Waals surface area contributed by atoms with E-state index in [9.17, 15) is 9.59 Å². The summed E-state index contributed by atoms with van der Waals surface area (Å²) in [6.07, 6.45) is 0.829. The smallest absolute Gasteiger partial charge is 0.258 e. The standard InChI is InChI=1S/C20H24N4O3/c1-5-13(4)21-17(25)11-24-16-9-7-6-8-14(16)15(10-18(24)26)20-22-19(12(2)3)23-27-20/h6-10,12-13H,5,11H2,1-4H3,(H,21,25)/t13-/m1/s1. The van der Waals surface area contributed by atoms with Crippen LogP contribution in [0.1, 0.15) is 45.9 Å². The van der Waals surface area contributed by atoms with Gasteiger partial charge in [-0.05, 0) is 19.4 Å². The average molecular weight is 368 g/mol. The van der Waals surface area contributed by atoms with Gasteiger partial charge in [0.25, 0.3) is 11.4 Å². The molecular weight excluding hydrogens is 344 g/mol. The van der Waals surface area contributed by atoms with Gasteiger partial charge in [0.1, 0.15) is 6.54 Å². The molecule has 7 nitrogen and oxygen atoms in total. The largest absolute Gasteiger partial charge is 0.352 e. The van der Waals surface area contributed by atoms with E-state index in [1.165, 1.54) is 10.6 Å². The molecule has 142 valence electrons. The van der Waals surface area contributed by atoms with Gasteiger partial charge in [-0.3, -0.25) is 14.2 Å². The first-order valence-electron chi connectivity index (χ1n) is 9.16. The lowest BCUT2D eigenvalue weighted by molar-refractivity contribution is -0.122. The maximum absolute atomic E-state index is 12.8. The van der Waals surface area contributed by atoms with Gasteiger partial charge >= 0.3 is 0 Å². The summed E-state index contributed by atoms with van der Waals surface area (Å²) in [5.41, 5.74) is 0.949. The van der Waals surface area contributed by atoms with Crippen LogP contribution in [0.25, 0.3) is 22.4 Å². The molecule has 0 bridgehead atoms. The first-order chi connectivity index (χ1) is 12.9. The van der Waals surface area contributed by atoms with Crippen molar-refractivity contribution < 1.29 is 9.32 Å². The molecule has 27 heavy (non-hydrogen) atoms. The van der Waals surface area contributed by atoms with Gasteiger partial charge in [0.15, 0.2) is 5.82 Å². The first kappa shape index (κ1) is 18.8. The normalized spacial score (nSPS) is 12.5. The lowest BCUT2D eigenvalue weighted by Crippen LogP contribution is -2.37. The predicted molar refractivity (Wildman–Crippen MR) is 103 cm³/mol. The van der Waals surface area contributed by atoms with Gasteiger partial charge in [-0.25, -0.2) is 0 Å². The van der Waals surface area contributed by atoms with E-state index in [1.807, 2.05) is 52.0 Å². The highest BCUT2D eigenvalue weighted by atomic mass is 16.5. The van der Waals surface area contributed by atoms with E-state index in [4.69, 9.17) is 4.52 Å². The van der Waals surface area contributed by atoms with Gasteiger partial charge in [0.2, 0.25) is 5.91 Å². The molecule has 0 fully saturated rings. The highest BCUT2D eigenvalue weighted by molar-refractivity contribution is 5.93. The van der Waals surface area contributed by atoms with E-state index in [0.717, 1.165) is 11.8 Å². The number of hydrogen-bond acceptors (Lipinski definition) is 5. The molecule has 1 N–H and O–H groups in total. The van der Waals surface area contributed by atoms with Crippen molar-refractivity contribution in [2.45, 2.75) is 52.6 Å². The highest BCUT2D eigenvalue weighted by Crippen LogP contribution is 2.27. The number of para-hydroxylation sites is 1. The monoisotopic (exact) mass is 368 g/mol. The molecule has 0 unspecified atom stereocenters. The SMILES string of the molecule is CC[C@@H](C)NC(=O)Cn1c(=O)cc(-c2nc(C(C)C)no2)c2ccccc21. The van der Waals surface area contributed by atoms with E-state index >= 15 is 0 Å². The first-order valence-corrected chi connectivity index (χ1v) is 9.16. The maximum Gasteiger partial charge on any atom is 0.258 e. The van der Waals surface area contributed by atoms with Crippen molar-refractivity contribution in [3.63, 3.8) is 0 Å². The van der Waals surface area contributed by atoms with Crippen LogP contribution in [0.4, 0.5) is 0 Å². The van der Waals surface area contributed by atoms with Crippen LogP contribution in [-0.2, 0) is 11.3 Å². The molecule has 2 aromatic heterocycles. The van der Waals surface area contributed by atoms with Crippen molar-refractivity contribution >= 4 is 16.8 Å². The third-order valence-electron chi connectivity index (χ3n) is 4.53. The molecule has 1 atom stereocenters. The maximum atomic E-state index is 12.8. The van der Waals surface area contributed by atoms with E-state index in [1.54, 1.807) is 0 Å². The summed E-state index contributed by atoms with van der Waals surface area (Å²) < 4.78 is 6.84. The second kappa shape index (κ2) is 7.73. The number of nitrogens with one attached hydrogen (secondary N) is 1. The molecular formula is C20H24N4O3. The number of benzene rings is 1. The Morgan fingerprint density at radius 3 is 2.67 bits per heavy atom. The van der Waals surface area contributed by atoms with Crippen molar-refractivity contribution in [2.24, 2.45) is 0 Å². The Hall–Kier alpha value is -2.96. The number of pyridine rings is 1. The minimum Gasteiger partial charge on any atom is -0.352 e. The second-order valence-corrected chi connectivity index (χ2v) is 6.99. The number of rotatable bonds is 6. The number of hydrogen-bond donors (Lipinski definition) is 1. The Balaban J connectivity index is 2.07. The summed E-state index contributed by atoms with van der Waals surface area (Å²) in [6.45, 7) is 7.84. The van der Waals surface area contributed by atoms with E-state index in [2.05, 4.69) is 15.5 Å². The molecule has 3 aromatic rings. The number of nitrogens with zero attached hydrogens (tertiary/aromatic N) is 3. The fraction of sp³-hybridized carbons (Fsp3) is 0.400. The Labute approximate surface area is 157 Å². The number of carbonyl (C=O) groups is 1. The lowest BCUT2D eigenvalue weighted by atomic mass is 10.1. The molecule has 7 heteroatoms. The molecule has 0 aliphatic carbocycles. The quantitative estimate of drug-likeness (QED) is 0.722. The van der Waals surface area contributed by atoms with Crippen molar-refractivity contribution in [3.05, 3.63) is 46.5 Å². The zero-order valence-electron chi connectivity index (χ0n) is 16.0. The third kappa shape index (κ3) is 3.92. The fourth-order valence-electron chi connectivity index (χ4n) is 2.82. The number of carbonyl (C=O) groups excluding carboxylic acids is 1. The Morgan fingerprint density at radius 2 is 2.00 bits per heavy atom. The van der Waals surface area contributed by atoms with Gasteiger partial charge < -0.3 is 9.84 Å². The molecule has 0 radical (unpaired) electrons. The van der Waals surface area contributed by atoms with Gasteiger partial charge in [-0.2, -0.15) is 4.98 Å². The lowest BCUT2D eigenvalue weighted by Gasteiger charge is -2.14. The summed E-state index contributed by atoms with van der Waals surface area (Å²) >= 11 is 0. The number of amides is 1. The molecule has 1 amide bonds. The van der Waals surface area contributed by atoms with Crippen molar-refractivity contribution in [2.75, 3.05) is 0 Å². The molecule has 0 saturated heterocycles. The van der Waals surface area contributed by atoms with Crippen LogP contribution in [0.15, 0.2) is 39.6 Å². The summed E-state index contributed by atoms with van der Waals surface area (Å²) in [7, 11) is 0. The molecule has 0 saturated carbocycles. The predicted octanol–water partition coefficient (Wildman–Crippen LogP) is 3.09. The Morgan fingerprint density at radius 1 is 1.26 bits per heavy atom. The van der Waals surface area contributed by atoms with Crippen LogP contribution in [-0.4, -0.2) is 26.7 Å². The summed E-state index contributed by atoms with van der Waals surface area (Å²) in [6, 6.07) is 8.92. The Bertz CT molecular complexity index is 1020. The van der Waals surface area contributed by atoms with Gasteiger partial charge in [0, 0.05) is 23.4 Å².